The van der Waals surface area contributed by atoms with Crippen LogP contribution in [0.5, 0.6) is 5.75 Å². The third-order valence-electron chi connectivity index (χ3n) is 3.46. The quantitative estimate of drug-likeness (QED) is 0.702. The van der Waals surface area contributed by atoms with Crippen molar-refractivity contribution in [1.82, 2.24) is 9.47 Å². The van der Waals surface area contributed by atoms with Gasteiger partial charge in [-0.25, -0.2) is 4.79 Å². The van der Waals surface area contributed by atoms with Gasteiger partial charge in [-0.05, 0) is 67.7 Å². The Hall–Kier alpha value is -1.28. The van der Waals surface area contributed by atoms with Crippen molar-refractivity contribution in [2.75, 3.05) is 34.4 Å². The van der Waals surface area contributed by atoms with Gasteiger partial charge in [0.05, 0.1) is 22.8 Å². The van der Waals surface area contributed by atoms with Crippen LogP contribution in [0, 0.1) is 3.57 Å². The van der Waals surface area contributed by atoms with Gasteiger partial charge in [0.1, 0.15) is 5.75 Å². The molecule has 0 saturated heterocycles. The highest BCUT2D eigenvalue weighted by Gasteiger charge is 2.18. The minimum atomic E-state index is -0.343. The van der Waals surface area contributed by atoms with Crippen LogP contribution in [-0.2, 0) is 11.2 Å². The van der Waals surface area contributed by atoms with E-state index in [1.807, 2.05) is 39.3 Å². The zero-order chi connectivity index (χ0) is 16.3. The Labute approximate surface area is 144 Å². The van der Waals surface area contributed by atoms with E-state index >= 15 is 0 Å². The maximum Gasteiger partial charge on any atom is 0.418 e. The van der Waals surface area contributed by atoms with Crippen molar-refractivity contribution < 1.29 is 14.3 Å². The summed E-state index contributed by atoms with van der Waals surface area (Å²) in [7, 11) is 5.73. The third-order valence-corrected chi connectivity index (χ3v) is 4.53. The van der Waals surface area contributed by atoms with Crippen molar-refractivity contribution in [2.24, 2.45) is 0 Å². The first-order valence-electron chi connectivity index (χ1n) is 7.17. The summed E-state index contributed by atoms with van der Waals surface area (Å²) in [5.74, 6) is 0.820. The van der Waals surface area contributed by atoms with Gasteiger partial charge in [0.25, 0.3) is 0 Å². The number of halogens is 1. The number of ether oxygens (including phenoxy) is 2. The third kappa shape index (κ3) is 3.38. The maximum atomic E-state index is 12.2. The molecule has 6 heteroatoms. The molecule has 0 aliphatic carbocycles. The lowest BCUT2D eigenvalue weighted by Gasteiger charge is -2.09. The fourth-order valence-corrected chi connectivity index (χ4v) is 3.40. The molecule has 1 aromatic carbocycles. The maximum absolute atomic E-state index is 12.2. The van der Waals surface area contributed by atoms with Gasteiger partial charge >= 0.3 is 6.09 Å². The molecule has 120 valence electrons. The van der Waals surface area contributed by atoms with Crippen LogP contribution in [0.2, 0.25) is 0 Å². The molecule has 0 radical (unpaired) electrons. The summed E-state index contributed by atoms with van der Waals surface area (Å²) in [5, 5.41) is 1.06. The molecule has 0 bridgehead atoms. The summed E-state index contributed by atoms with van der Waals surface area (Å²) in [6, 6.07) is 3.79. The molecular formula is C16H21IN2O3. The van der Waals surface area contributed by atoms with Crippen LogP contribution in [0.25, 0.3) is 10.9 Å². The number of hydrogen-bond donors (Lipinski definition) is 0. The first-order valence-corrected chi connectivity index (χ1v) is 8.25. The van der Waals surface area contributed by atoms with Crippen molar-refractivity contribution in [3.63, 3.8) is 0 Å². The first kappa shape index (κ1) is 17.1. The predicted octanol–water partition coefficient (Wildman–Crippen LogP) is 3.36. The van der Waals surface area contributed by atoms with Gasteiger partial charge in [0.15, 0.2) is 0 Å². The smallest absolute Gasteiger partial charge is 0.418 e. The number of hydrogen-bond acceptors (Lipinski definition) is 4. The second-order valence-electron chi connectivity index (χ2n) is 5.25. The fourth-order valence-electron chi connectivity index (χ4n) is 2.38. The van der Waals surface area contributed by atoms with E-state index in [1.54, 1.807) is 11.7 Å². The molecule has 0 unspecified atom stereocenters. The molecule has 2 aromatic rings. The minimum absolute atomic E-state index is 0.343. The monoisotopic (exact) mass is 416 g/mol. The van der Waals surface area contributed by atoms with E-state index in [0.29, 0.717) is 6.61 Å². The van der Waals surface area contributed by atoms with Gasteiger partial charge in [-0.3, -0.25) is 4.57 Å². The molecule has 0 spiro atoms. The lowest BCUT2D eigenvalue weighted by Crippen LogP contribution is -2.15. The summed E-state index contributed by atoms with van der Waals surface area (Å²) < 4.78 is 13.2. The number of fused-ring (bicyclic) bond motifs is 1. The molecule has 0 aliphatic heterocycles. The van der Waals surface area contributed by atoms with Crippen LogP contribution >= 0.6 is 22.6 Å². The zero-order valence-electron chi connectivity index (χ0n) is 13.4. The van der Waals surface area contributed by atoms with Gasteiger partial charge in [-0.15, -0.1) is 0 Å². The highest BCUT2D eigenvalue weighted by Crippen LogP contribution is 2.33. The zero-order valence-corrected chi connectivity index (χ0v) is 15.5. The van der Waals surface area contributed by atoms with Crippen molar-refractivity contribution >= 4 is 39.6 Å². The Balaban J connectivity index is 2.58. The second kappa shape index (κ2) is 7.32. The summed E-state index contributed by atoms with van der Waals surface area (Å²) in [6.45, 7) is 3.08. The van der Waals surface area contributed by atoms with Crippen LogP contribution in [-0.4, -0.2) is 49.9 Å². The van der Waals surface area contributed by atoms with Crippen LogP contribution in [0.15, 0.2) is 18.3 Å². The summed E-state index contributed by atoms with van der Waals surface area (Å²) in [5.41, 5.74) is 1.98. The molecule has 0 aliphatic rings. The summed E-state index contributed by atoms with van der Waals surface area (Å²) in [6.07, 6.45) is 2.40. The lowest BCUT2D eigenvalue weighted by atomic mass is 10.1. The second-order valence-corrected chi connectivity index (χ2v) is 6.33. The standard InChI is InChI=1S/C16H21IN2O3/c1-5-22-16(20)19-10-11(8-9-18(2)3)14-12(19)6-7-13(21-4)15(14)17/h6-7,10H,5,8-9H2,1-4H3. The Bertz CT molecular complexity index is 680. The number of likely N-dealkylation sites (N-methyl/N-ethyl adjacent to an activating group) is 1. The van der Waals surface area contributed by atoms with Gasteiger partial charge in [-0.2, -0.15) is 0 Å². The Morgan fingerprint density at radius 3 is 2.68 bits per heavy atom. The first-order chi connectivity index (χ1) is 10.5. The number of carbonyl (C=O) groups is 1. The van der Waals surface area contributed by atoms with Crippen molar-refractivity contribution in [1.29, 1.82) is 0 Å². The van der Waals surface area contributed by atoms with E-state index in [1.165, 1.54) is 0 Å². The molecule has 1 aromatic heterocycles. The van der Waals surface area contributed by atoms with E-state index < -0.39 is 0 Å². The lowest BCUT2D eigenvalue weighted by molar-refractivity contribution is 0.155. The Morgan fingerprint density at radius 2 is 2.09 bits per heavy atom. The predicted molar refractivity (Wildman–Crippen MR) is 95.9 cm³/mol. The molecule has 0 atom stereocenters. The molecular weight excluding hydrogens is 395 g/mol. The van der Waals surface area contributed by atoms with Crippen molar-refractivity contribution in [3.8, 4) is 5.75 Å². The topological polar surface area (TPSA) is 43.7 Å². The SMILES string of the molecule is CCOC(=O)n1cc(CCN(C)C)c2c(I)c(OC)ccc21. The molecule has 22 heavy (non-hydrogen) atoms. The molecule has 2 rings (SSSR count). The number of rotatable bonds is 5. The average Bonchev–Trinajstić information content (AvgIpc) is 2.85. The van der Waals surface area contributed by atoms with Gasteiger partial charge < -0.3 is 14.4 Å². The summed E-state index contributed by atoms with van der Waals surface area (Å²) in [4.78, 5) is 14.3. The molecule has 5 nitrogen and oxygen atoms in total. The van der Waals surface area contributed by atoms with Crippen LogP contribution in [0.3, 0.4) is 0 Å². The van der Waals surface area contributed by atoms with Crippen LogP contribution < -0.4 is 4.74 Å². The summed E-state index contributed by atoms with van der Waals surface area (Å²) >= 11 is 2.28. The van der Waals surface area contributed by atoms with E-state index in [4.69, 9.17) is 9.47 Å². The van der Waals surface area contributed by atoms with E-state index in [0.717, 1.165) is 38.8 Å². The van der Waals surface area contributed by atoms with Crippen LogP contribution in [0.1, 0.15) is 12.5 Å². The highest BCUT2D eigenvalue weighted by atomic mass is 127. The molecule has 0 amide bonds. The molecule has 1 heterocycles. The fraction of sp³-hybridized carbons (Fsp3) is 0.438. The van der Waals surface area contributed by atoms with Crippen LogP contribution in [0.4, 0.5) is 4.79 Å². The number of methoxy groups -OCH3 is 1. The number of carbonyl (C=O) groups excluding carboxylic acids is 1. The highest BCUT2D eigenvalue weighted by molar-refractivity contribution is 14.1. The Morgan fingerprint density at radius 1 is 1.36 bits per heavy atom. The number of nitrogens with zero attached hydrogens (tertiary/aromatic N) is 2. The van der Waals surface area contributed by atoms with E-state index in [9.17, 15) is 4.79 Å². The van der Waals surface area contributed by atoms with Gasteiger partial charge in [0.2, 0.25) is 0 Å². The van der Waals surface area contributed by atoms with Crippen molar-refractivity contribution in [3.05, 3.63) is 27.5 Å². The Kier molecular flexibility index (Phi) is 5.69. The number of benzene rings is 1. The molecule has 0 fully saturated rings. The normalized spacial score (nSPS) is 11.2. The minimum Gasteiger partial charge on any atom is -0.496 e. The molecule has 0 N–H and O–H groups in total. The number of aromatic nitrogens is 1. The average molecular weight is 416 g/mol. The van der Waals surface area contributed by atoms with E-state index in [2.05, 4.69) is 27.5 Å². The van der Waals surface area contributed by atoms with Gasteiger partial charge in [-0.1, -0.05) is 0 Å². The van der Waals surface area contributed by atoms with Gasteiger partial charge in [0, 0.05) is 18.1 Å². The van der Waals surface area contributed by atoms with E-state index in [-0.39, 0.29) is 6.09 Å². The van der Waals surface area contributed by atoms with Crippen molar-refractivity contribution in [2.45, 2.75) is 13.3 Å². The molecule has 0 saturated carbocycles. The largest absolute Gasteiger partial charge is 0.496 e.